The molecule has 0 atom stereocenters. The molecule has 1 saturated carbocycles. The number of rotatable bonds is 5. The number of hydrogen-bond donors (Lipinski definition) is 1. The molecule has 1 fully saturated rings. The van der Waals surface area contributed by atoms with Gasteiger partial charge in [0, 0.05) is 41.6 Å². The van der Waals surface area contributed by atoms with E-state index in [1.165, 1.54) is 0 Å². The van der Waals surface area contributed by atoms with Crippen molar-refractivity contribution in [3.8, 4) is 0 Å². The Morgan fingerprint density at radius 3 is 2.52 bits per heavy atom. The van der Waals surface area contributed by atoms with Gasteiger partial charge < -0.3 is 10.6 Å². The molecule has 2 N–H and O–H groups in total. The minimum atomic E-state index is -0.0146. The first-order valence-electron chi connectivity index (χ1n) is 7.42. The van der Waals surface area contributed by atoms with Gasteiger partial charge in [0.15, 0.2) is 0 Å². The number of halogens is 1. The summed E-state index contributed by atoms with van der Waals surface area (Å²) in [6.07, 6.45) is 8.55. The van der Waals surface area contributed by atoms with Crippen molar-refractivity contribution in [3.05, 3.63) is 58.9 Å². The maximum atomic E-state index is 12.5. The maximum Gasteiger partial charge on any atom is 0.247 e. The first kappa shape index (κ1) is 15.5. The van der Waals surface area contributed by atoms with Crippen molar-refractivity contribution >= 4 is 29.5 Å². The molecular weight excluding hydrogens is 312 g/mol. The van der Waals surface area contributed by atoms with Crippen LogP contribution in [0.5, 0.6) is 0 Å². The van der Waals surface area contributed by atoms with Gasteiger partial charge in [-0.3, -0.25) is 4.79 Å². The monoisotopic (exact) mass is 328 g/mol. The minimum absolute atomic E-state index is 0.0146. The van der Waals surface area contributed by atoms with E-state index in [1.807, 2.05) is 29.2 Å². The van der Waals surface area contributed by atoms with Crippen LogP contribution in [0.25, 0.3) is 6.08 Å². The molecule has 5 nitrogen and oxygen atoms in total. The van der Waals surface area contributed by atoms with E-state index >= 15 is 0 Å². The smallest absolute Gasteiger partial charge is 0.247 e. The summed E-state index contributed by atoms with van der Waals surface area (Å²) >= 11 is 5.90. The fraction of sp³-hybridized carbons (Fsp3) is 0.235. The average molecular weight is 329 g/mol. The van der Waals surface area contributed by atoms with Crippen molar-refractivity contribution in [1.82, 2.24) is 14.9 Å². The highest BCUT2D eigenvalue weighted by molar-refractivity contribution is 6.30. The third-order valence-electron chi connectivity index (χ3n) is 3.65. The van der Waals surface area contributed by atoms with E-state index in [-0.39, 0.29) is 11.9 Å². The Labute approximate surface area is 139 Å². The summed E-state index contributed by atoms with van der Waals surface area (Å²) in [5, 5.41) is 0.696. The molecule has 23 heavy (non-hydrogen) atoms. The number of nitrogens with two attached hydrogens (primary N) is 1. The van der Waals surface area contributed by atoms with Gasteiger partial charge >= 0.3 is 0 Å². The summed E-state index contributed by atoms with van der Waals surface area (Å²) in [4.78, 5) is 22.2. The van der Waals surface area contributed by atoms with Gasteiger partial charge in [-0.25, -0.2) is 9.97 Å². The number of carbonyl (C=O) groups is 1. The van der Waals surface area contributed by atoms with E-state index in [0.29, 0.717) is 17.6 Å². The summed E-state index contributed by atoms with van der Waals surface area (Å²) in [7, 11) is 0. The zero-order valence-electron chi connectivity index (χ0n) is 12.5. The Balaban J connectivity index is 1.69. The Hall–Kier alpha value is -2.40. The molecular formula is C17H17ClN4O. The van der Waals surface area contributed by atoms with Crippen LogP contribution < -0.4 is 5.73 Å². The van der Waals surface area contributed by atoms with E-state index in [0.717, 1.165) is 24.0 Å². The van der Waals surface area contributed by atoms with Gasteiger partial charge in [-0.15, -0.1) is 0 Å². The second kappa shape index (κ2) is 6.79. The molecule has 6 heteroatoms. The first-order chi connectivity index (χ1) is 11.1. The Morgan fingerprint density at radius 1 is 1.26 bits per heavy atom. The molecule has 1 amide bonds. The number of hydrogen-bond acceptors (Lipinski definition) is 4. The van der Waals surface area contributed by atoms with Crippen LogP contribution in [-0.2, 0) is 11.3 Å². The second-order valence-electron chi connectivity index (χ2n) is 5.53. The first-order valence-corrected chi connectivity index (χ1v) is 7.80. The van der Waals surface area contributed by atoms with Crippen molar-refractivity contribution in [2.75, 3.05) is 5.73 Å². The van der Waals surface area contributed by atoms with Gasteiger partial charge in [-0.2, -0.15) is 0 Å². The Bertz CT molecular complexity index is 708. The highest BCUT2D eigenvalue weighted by Crippen LogP contribution is 2.29. The van der Waals surface area contributed by atoms with Crippen molar-refractivity contribution in [1.29, 1.82) is 0 Å². The Kier molecular flexibility index (Phi) is 4.57. The SMILES string of the molecule is Nc1ncc(C=CC(=O)N(Cc2ccc(Cl)cc2)C2CC2)cn1. The number of nitrogen functional groups attached to an aromatic ring is 1. The average Bonchev–Trinajstić information content (AvgIpc) is 3.38. The largest absolute Gasteiger partial charge is 0.368 e. The van der Waals surface area contributed by atoms with Gasteiger partial charge in [0.2, 0.25) is 11.9 Å². The molecule has 0 unspecified atom stereocenters. The van der Waals surface area contributed by atoms with Crippen LogP contribution in [0.3, 0.4) is 0 Å². The number of nitrogens with zero attached hydrogens (tertiary/aromatic N) is 3. The summed E-state index contributed by atoms with van der Waals surface area (Å²) in [5.41, 5.74) is 7.26. The van der Waals surface area contributed by atoms with Gasteiger partial charge in [0.1, 0.15) is 0 Å². The number of aromatic nitrogens is 2. The molecule has 0 aliphatic heterocycles. The molecule has 2 aromatic rings. The number of amides is 1. The van der Waals surface area contributed by atoms with Crippen molar-refractivity contribution in [2.45, 2.75) is 25.4 Å². The molecule has 1 heterocycles. The lowest BCUT2D eigenvalue weighted by Crippen LogP contribution is -2.31. The fourth-order valence-electron chi connectivity index (χ4n) is 2.26. The fourth-order valence-corrected chi connectivity index (χ4v) is 2.38. The summed E-state index contributed by atoms with van der Waals surface area (Å²) < 4.78 is 0. The van der Waals surface area contributed by atoms with Crippen molar-refractivity contribution < 1.29 is 4.79 Å². The molecule has 0 radical (unpaired) electrons. The predicted octanol–water partition coefficient (Wildman–Crippen LogP) is 2.92. The summed E-state index contributed by atoms with van der Waals surface area (Å²) in [5.74, 6) is 0.204. The van der Waals surface area contributed by atoms with E-state index in [1.54, 1.807) is 24.5 Å². The standard InChI is InChI=1S/C17H17ClN4O/c18-14-4-1-12(2-5-14)11-22(15-6-7-15)16(23)8-3-13-9-20-17(19)21-10-13/h1-5,8-10,15H,6-7,11H2,(H2,19,20,21). The number of carbonyl (C=O) groups excluding carboxylic acids is 1. The maximum absolute atomic E-state index is 12.5. The van der Waals surface area contributed by atoms with Crippen LogP contribution in [-0.4, -0.2) is 26.8 Å². The van der Waals surface area contributed by atoms with E-state index in [4.69, 9.17) is 17.3 Å². The van der Waals surface area contributed by atoms with E-state index < -0.39 is 0 Å². The molecule has 1 aliphatic carbocycles. The normalized spacial score (nSPS) is 14.1. The molecule has 3 rings (SSSR count). The third-order valence-corrected chi connectivity index (χ3v) is 3.90. The molecule has 1 aromatic carbocycles. The van der Waals surface area contributed by atoms with Crippen LogP contribution in [0.4, 0.5) is 5.95 Å². The van der Waals surface area contributed by atoms with Crippen molar-refractivity contribution in [3.63, 3.8) is 0 Å². The molecule has 1 aliphatic rings. The lowest BCUT2D eigenvalue weighted by atomic mass is 10.2. The molecule has 0 bridgehead atoms. The van der Waals surface area contributed by atoms with Crippen LogP contribution in [0.15, 0.2) is 42.7 Å². The zero-order chi connectivity index (χ0) is 16.2. The van der Waals surface area contributed by atoms with Crippen LogP contribution in [0.2, 0.25) is 5.02 Å². The van der Waals surface area contributed by atoms with Crippen molar-refractivity contribution in [2.24, 2.45) is 0 Å². The van der Waals surface area contributed by atoms with Crippen LogP contribution in [0.1, 0.15) is 24.0 Å². The van der Waals surface area contributed by atoms with E-state index in [9.17, 15) is 4.79 Å². The molecule has 0 spiro atoms. The minimum Gasteiger partial charge on any atom is -0.368 e. The van der Waals surface area contributed by atoms with Gasteiger partial charge in [0.05, 0.1) is 0 Å². The second-order valence-corrected chi connectivity index (χ2v) is 5.97. The zero-order valence-corrected chi connectivity index (χ0v) is 13.3. The lowest BCUT2D eigenvalue weighted by molar-refractivity contribution is -0.127. The predicted molar refractivity (Wildman–Crippen MR) is 90.5 cm³/mol. The summed E-state index contributed by atoms with van der Waals surface area (Å²) in [6, 6.07) is 7.90. The van der Waals surface area contributed by atoms with E-state index in [2.05, 4.69) is 9.97 Å². The van der Waals surface area contributed by atoms with Crippen LogP contribution >= 0.6 is 11.6 Å². The van der Waals surface area contributed by atoms with Gasteiger partial charge in [-0.1, -0.05) is 23.7 Å². The van der Waals surface area contributed by atoms with Gasteiger partial charge in [-0.05, 0) is 36.6 Å². The lowest BCUT2D eigenvalue weighted by Gasteiger charge is -2.21. The highest BCUT2D eigenvalue weighted by Gasteiger charge is 2.31. The molecule has 118 valence electrons. The topological polar surface area (TPSA) is 72.1 Å². The summed E-state index contributed by atoms with van der Waals surface area (Å²) in [6.45, 7) is 0.587. The quantitative estimate of drug-likeness (QED) is 0.857. The molecule has 0 saturated heterocycles. The highest BCUT2D eigenvalue weighted by atomic mass is 35.5. The Morgan fingerprint density at radius 2 is 1.91 bits per heavy atom. The van der Waals surface area contributed by atoms with Crippen LogP contribution in [0, 0.1) is 0 Å². The van der Waals surface area contributed by atoms with Gasteiger partial charge in [0.25, 0.3) is 0 Å². The number of benzene rings is 1. The number of anilines is 1. The third kappa shape index (κ3) is 4.29. The molecule has 1 aromatic heterocycles.